The van der Waals surface area contributed by atoms with E-state index in [4.69, 9.17) is 11.6 Å². The molecule has 1 aliphatic rings. The van der Waals surface area contributed by atoms with Crippen LogP contribution in [0.3, 0.4) is 0 Å². The summed E-state index contributed by atoms with van der Waals surface area (Å²) in [5.41, 5.74) is 1.32. The normalized spacial score (nSPS) is 17.0. The molecule has 1 fully saturated rings. The molecule has 0 aromatic carbocycles. The lowest BCUT2D eigenvalue weighted by atomic mass is 10.2. The van der Waals surface area contributed by atoms with Crippen LogP contribution >= 0.6 is 11.6 Å². The molecule has 4 heterocycles. The van der Waals surface area contributed by atoms with Crippen LogP contribution in [0.2, 0.25) is 5.02 Å². The zero-order valence-corrected chi connectivity index (χ0v) is 16.7. The molecule has 30 heavy (non-hydrogen) atoms. The highest BCUT2D eigenvalue weighted by Crippen LogP contribution is 2.30. The number of hydrogen-bond acceptors (Lipinski definition) is 5. The Kier molecular flexibility index (Phi) is 5.27. The highest BCUT2D eigenvalue weighted by Gasteiger charge is 2.38. The van der Waals surface area contributed by atoms with Crippen molar-refractivity contribution in [2.45, 2.75) is 25.1 Å². The lowest BCUT2D eigenvalue weighted by molar-refractivity contribution is -0.159. The molecule has 0 bridgehead atoms. The maximum atomic E-state index is 12.7. The lowest BCUT2D eigenvalue weighted by Crippen LogP contribution is -2.47. The summed E-state index contributed by atoms with van der Waals surface area (Å²) in [5.74, 6) is 0.318. The van der Waals surface area contributed by atoms with Gasteiger partial charge >= 0.3 is 6.18 Å². The Morgan fingerprint density at radius 1 is 1.43 bits per heavy atom. The Bertz CT molecular complexity index is 1090. The van der Waals surface area contributed by atoms with Crippen LogP contribution < -0.4 is 4.90 Å². The van der Waals surface area contributed by atoms with Crippen LogP contribution in [0.15, 0.2) is 30.7 Å². The van der Waals surface area contributed by atoms with Crippen molar-refractivity contribution in [1.29, 1.82) is 0 Å². The number of halogens is 4. The summed E-state index contributed by atoms with van der Waals surface area (Å²) in [6.45, 7) is -0.762. The van der Waals surface area contributed by atoms with Gasteiger partial charge in [0.1, 0.15) is 24.1 Å². The van der Waals surface area contributed by atoms with Gasteiger partial charge in [-0.2, -0.15) is 13.2 Å². The van der Waals surface area contributed by atoms with Gasteiger partial charge in [-0.15, -0.1) is 0 Å². The SMILES string of the molecule is CN(CC(F)(F)F)C(=O)[C@H]1CCCN1c1ccnc(-c2c[nH]c3ncc(Cl)cc23)n1.[HH]. The van der Waals surface area contributed by atoms with Gasteiger partial charge in [0.2, 0.25) is 5.91 Å². The van der Waals surface area contributed by atoms with Crippen molar-refractivity contribution in [2.24, 2.45) is 0 Å². The first-order chi connectivity index (χ1) is 14.2. The average molecular weight is 441 g/mol. The fourth-order valence-electron chi connectivity index (χ4n) is 3.70. The van der Waals surface area contributed by atoms with E-state index in [9.17, 15) is 18.0 Å². The molecular formula is C19H20ClF3N6O. The van der Waals surface area contributed by atoms with Crippen molar-refractivity contribution in [1.82, 2.24) is 24.8 Å². The molecule has 0 unspecified atom stereocenters. The summed E-state index contributed by atoms with van der Waals surface area (Å²) < 4.78 is 38.1. The van der Waals surface area contributed by atoms with Gasteiger partial charge in [-0.05, 0) is 25.0 Å². The van der Waals surface area contributed by atoms with Gasteiger partial charge in [0.25, 0.3) is 0 Å². The number of anilines is 1. The number of carbonyl (C=O) groups is 1. The predicted molar refractivity (Wildman–Crippen MR) is 108 cm³/mol. The molecule has 3 aromatic heterocycles. The van der Waals surface area contributed by atoms with E-state index >= 15 is 0 Å². The van der Waals surface area contributed by atoms with Crippen molar-refractivity contribution < 1.29 is 19.4 Å². The van der Waals surface area contributed by atoms with E-state index in [1.807, 2.05) is 0 Å². The predicted octanol–water partition coefficient (Wildman–Crippen LogP) is 3.91. The molecule has 1 N–H and O–H groups in total. The Hall–Kier alpha value is -2.88. The third-order valence-electron chi connectivity index (χ3n) is 5.00. The van der Waals surface area contributed by atoms with Crippen molar-refractivity contribution in [3.8, 4) is 11.4 Å². The van der Waals surface area contributed by atoms with Gasteiger partial charge in [0.15, 0.2) is 5.82 Å². The average Bonchev–Trinajstić information content (AvgIpc) is 3.33. The first-order valence-electron chi connectivity index (χ1n) is 9.27. The Balaban J connectivity index is 0.00000272. The van der Waals surface area contributed by atoms with E-state index in [-0.39, 0.29) is 1.43 Å². The third-order valence-corrected chi connectivity index (χ3v) is 5.21. The molecule has 1 aliphatic heterocycles. The second-order valence-electron chi connectivity index (χ2n) is 7.15. The largest absolute Gasteiger partial charge is 0.406 e. The van der Waals surface area contributed by atoms with E-state index < -0.39 is 24.7 Å². The number of rotatable bonds is 4. The summed E-state index contributed by atoms with van der Waals surface area (Å²) in [6.07, 6.45) is 1.51. The van der Waals surface area contributed by atoms with Gasteiger partial charge in [-0.1, -0.05) is 11.6 Å². The number of hydrogen-bond donors (Lipinski definition) is 1. The van der Waals surface area contributed by atoms with E-state index in [1.165, 1.54) is 13.2 Å². The topological polar surface area (TPSA) is 78.0 Å². The van der Waals surface area contributed by atoms with Crippen molar-refractivity contribution >= 4 is 34.4 Å². The molecule has 11 heteroatoms. The minimum absolute atomic E-state index is 0. The minimum Gasteiger partial charge on any atom is -0.345 e. The number of alkyl halides is 3. The maximum Gasteiger partial charge on any atom is 0.406 e. The van der Waals surface area contributed by atoms with E-state index in [2.05, 4.69) is 19.9 Å². The number of pyridine rings is 1. The van der Waals surface area contributed by atoms with E-state index in [0.29, 0.717) is 47.3 Å². The number of nitrogens with zero attached hydrogens (tertiary/aromatic N) is 5. The number of amides is 1. The lowest BCUT2D eigenvalue weighted by Gasteiger charge is -2.29. The Morgan fingerprint density at radius 3 is 3.00 bits per heavy atom. The smallest absolute Gasteiger partial charge is 0.345 e. The number of aromatic amines is 1. The molecule has 0 spiro atoms. The standard InChI is InChI=1S/C19H18ClF3N6O.H2/c1-28(10-19(21,22)23)18(30)14-3-2-6-29(14)15-4-5-24-17(27-15)13-9-26-16-12(13)7-11(20)8-25-16;/h4-5,7-9,14H,2-3,6,10H2,1H3,(H,25,26);1H/t14-;/m1./s1. The molecule has 7 nitrogen and oxygen atoms in total. The van der Waals surface area contributed by atoms with Crippen LogP contribution in [0.1, 0.15) is 14.3 Å². The van der Waals surface area contributed by atoms with Gasteiger partial charge in [0, 0.05) is 44.6 Å². The van der Waals surface area contributed by atoms with Crippen molar-refractivity contribution in [2.75, 3.05) is 25.0 Å². The quantitative estimate of drug-likeness (QED) is 0.665. The van der Waals surface area contributed by atoms with Gasteiger partial charge in [-0.3, -0.25) is 4.79 Å². The van der Waals surface area contributed by atoms with Crippen molar-refractivity contribution in [3.05, 3.63) is 35.7 Å². The van der Waals surface area contributed by atoms with Crippen molar-refractivity contribution in [3.63, 3.8) is 0 Å². The number of fused-ring (bicyclic) bond motifs is 1. The van der Waals surface area contributed by atoms with E-state index in [0.717, 1.165) is 10.3 Å². The minimum atomic E-state index is -4.44. The Labute approximate surface area is 176 Å². The summed E-state index contributed by atoms with van der Waals surface area (Å²) in [5, 5.41) is 1.22. The number of aromatic nitrogens is 4. The molecule has 160 valence electrons. The molecule has 4 rings (SSSR count). The second-order valence-corrected chi connectivity index (χ2v) is 7.59. The van der Waals surface area contributed by atoms with Crippen LogP contribution in [0.25, 0.3) is 22.4 Å². The van der Waals surface area contributed by atoms with Crippen LogP contribution in [0.5, 0.6) is 0 Å². The first-order valence-corrected chi connectivity index (χ1v) is 9.65. The van der Waals surface area contributed by atoms with Crippen LogP contribution in [0, 0.1) is 0 Å². The van der Waals surface area contributed by atoms with Crippen LogP contribution in [0.4, 0.5) is 19.0 Å². The monoisotopic (exact) mass is 440 g/mol. The van der Waals surface area contributed by atoms with Gasteiger partial charge in [-0.25, -0.2) is 15.0 Å². The maximum absolute atomic E-state index is 12.7. The van der Waals surface area contributed by atoms with Crippen LogP contribution in [-0.2, 0) is 4.79 Å². The molecule has 0 radical (unpaired) electrons. The summed E-state index contributed by atoms with van der Waals surface area (Å²) in [6, 6.07) is 2.71. The molecule has 3 aromatic rings. The van der Waals surface area contributed by atoms with Crippen LogP contribution in [-0.4, -0.2) is 63.1 Å². The summed E-state index contributed by atoms with van der Waals surface area (Å²) in [7, 11) is 1.17. The molecule has 0 aliphatic carbocycles. The molecule has 1 saturated heterocycles. The van der Waals surface area contributed by atoms with Gasteiger partial charge < -0.3 is 14.8 Å². The molecule has 1 amide bonds. The highest BCUT2D eigenvalue weighted by atomic mass is 35.5. The molecule has 0 saturated carbocycles. The molecular weight excluding hydrogens is 421 g/mol. The fourth-order valence-corrected chi connectivity index (χ4v) is 3.86. The first kappa shape index (κ1) is 20.4. The zero-order valence-electron chi connectivity index (χ0n) is 15.9. The second kappa shape index (κ2) is 7.75. The summed E-state index contributed by atoms with van der Waals surface area (Å²) in [4.78, 5) is 31.2. The fraction of sp³-hybridized carbons (Fsp3) is 0.368. The number of likely N-dealkylation sites (N-methyl/N-ethyl adjacent to an activating group) is 1. The Morgan fingerprint density at radius 2 is 2.23 bits per heavy atom. The number of carbonyl (C=O) groups excluding carboxylic acids is 1. The zero-order chi connectivity index (χ0) is 21.5. The number of H-pyrrole nitrogens is 1. The van der Waals surface area contributed by atoms with E-state index in [1.54, 1.807) is 29.4 Å². The molecule has 1 atom stereocenters. The number of nitrogens with one attached hydrogen (secondary N) is 1. The summed E-state index contributed by atoms with van der Waals surface area (Å²) >= 11 is 6.05. The highest BCUT2D eigenvalue weighted by molar-refractivity contribution is 6.31. The third kappa shape index (κ3) is 4.04. The van der Waals surface area contributed by atoms with Gasteiger partial charge in [0.05, 0.1) is 5.02 Å².